The van der Waals surface area contributed by atoms with E-state index in [0.29, 0.717) is 6.04 Å². The van der Waals surface area contributed by atoms with Gasteiger partial charge in [-0.3, -0.25) is 4.79 Å². The summed E-state index contributed by atoms with van der Waals surface area (Å²) in [4.78, 5) is 27.2. The van der Waals surface area contributed by atoms with E-state index >= 15 is 0 Å². The third-order valence-corrected chi connectivity index (χ3v) is 7.10. The largest absolute Gasteiger partial charge is 0.336 e. The number of fused-ring (bicyclic) bond motifs is 1. The summed E-state index contributed by atoms with van der Waals surface area (Å²) in [6, 6.07) is 8.15. The Labute approximate surface area is 179 Å². The summed E-state index contributed by atoms with van der Waals surface area (Å²) in [6.45, 7) is 8.64. The highest BCUT2D eigenvalue weighted by Gasteiger charge is 2.24. The molecule has 1 saturated heterocycles. The Kier molecular flexibility index (Phi) is 6.60. The van der Waals surface area contributed by atoms with Crippen LogP contribution in [0.25, 0.3) is 10.2 Å². The predicted octanol–water partition coefficient (Wildman–Crippen LogP) is 4.32. The predicted molar refractivity (Wildman–Crippen MR) is 118 cm³/mol. The van der Waals surface area contributed by atoms with Gasteiger partial charge in [-0.2, -0.15) is 0 Å². The summed E-state index contributed by atoms with van der Waals surface area (Å²) < 4.78 is 0. The highest BCUT2D eigenvalue weighted by Crippen LogP contribution is 2.38. The smallest absolute Gasteiger partial charge is 0.255 e. The van der Waals surface area contributed by atoms with Crippen LogP contribution in [0.3, 0.4) is 0 Å². The van der Waals surface area contributed by atoms with Crippen molar-refractivity contribution in [1.82, 2.24) is 20.2 Å². The zero-order chi connectivity index (χ0) is 19.0. The van der Waals surface area contributed by atoms with E-state index in [-0.39, 0.29) is 18.3 Å². The van der Waals surface area contributed by atoms with Crippen LogP contribution in [0, 0.1) is 13.8 Å². The quantitative estimate of drug-likeness (QED) is 0.622. The molecular weight excluding hydrogens is 412 g/mol. The van der Waals surface area contributed by atoms with E-state index in [1.54, 1.807) is 29.4 Å². The fourth-order valence-corrected chi connectivity index (χ4v) is 5.48. The molecule has 0 unspecified atom stereocenters. The second kappa shape index (κ2) is 8.78. The number of rotatable bonds is 3. The number of hydrogen-bond donors (Lipinski definition) is 1. The Morgan fingerprint density at radius 3 is 2.86 bits per heavy atom. The Morgan fingerprint density at radius 1 is 1.29 bits per heavy atom. The van der Waals surface area contributed by atoms with Crippen molar-refractivity contribution < 1.29 is 4.79 Å². The van der Waals surface area contributed by atoms with Crippen LogP contribution in [0.5, 0.6) is 0 Å². The number of nitrogens with zero attached hydrogens (tertiary/aromatic N) is 3. The van der Waals surface area contributed by atoms with Gasteiger partial charge in [-0.1, -0.05) is 23.9 Å². The lowest BCUT2D eigenvalue weighted by molar-refractivity contribution is 0.0705. The molecule has 1 amide bonds. The van der Waals surface area contributed by atoms with E-state index in [2.05, 4.69) is 36.1 Å². The Hall–Kier alpha value is -1.67. The van der Waals surface area contributed by atoms with Crippen LogP contribution in [0.4, 0.5) is 0 Å². The van der Waals surface area contributed by atoms with Crippen molar-refractivity contribution in [3.63, 3.8) is 0 Å². The number of carbonyl (C=O) groups is 1. The molecule has 0 spiro atoms. The zero-order valence-electron chi connectivity index (χ0n) is 16.1. The highest BCUT2D eigenvalue weighted by atomic mass is 35.5. The van der Waals surface area contributed by atoms with E-state index in [1.807, 2.05) is 29.2 Å². The first-order valence-corrected chi connectivity index (χ1v) is 10.7. The second-order valence-corrected chi connectivity index (χ2v) is 9.08. The first kappa shape index (κ1) is 21.0. The fraction of sp³-hybridized carbons (Fsp3) is 0.350. The topological polar surface area (TPSA) is 58.1 Å². The van der Waals surface area contributed by atoms with Gasteiger partial charge in [0, 0.05) is 40.8 Å². The number of amides is 1. The molecule has 1 aromatic carbocycles. The summed E-state index contributed by atoms with van der Waals surface area (Å²) in [5.74, 6) is 0.0926. The van der Waals surface area contributed by atoms with Gasteiger partial charge in [0.1, 0.15) is 16.2 Å². The number of nitrogens with one attached hydrogen (secondary N) is 1. The molecule has 3 aromatic rings. The number of hydrogen-bond acceptors (Lipinski definition) is 6. The maximum Gasteiger partial charge on any atom is 0.255 e. The standard InChI is InChI=1S/C20H22N4OS2.ClH/c1-12-10-24(9-8-21-12)20(25)15-6-4-5-7-16(15)27-19-17-13(2)14(3)26-18(17)22-11-23-19;/h4-7,11-12,21H,8-10H2,1-3H3;1H/t12-;/m1./s1. The number of aryl methyl sites for hydroxylation is 2. The van der Waals surface area contributed by atoms with Crippen molar-refractivity contribution in [3.8, 4) is 0 Å². The molecule has 2 aromatic heterocycles. The van der Waals surface area contributed by atoms with E-state index in [1.165, 1.54) is 10.4 Å². The molecule has 148 valence electrons. The first-order valence-electron chi connectivity index (χ1n) is 9.05. The fourth-order valence-electron chi connectivity index (χ4n) is 3.35. The lowest BCUT2D eigenvalue weighted by atomic mass is 10.1. The van der Waals surface area contributed by atoms with Gasteiger partial charge in [-0.25, -0.2) is 9.97 Å². The van der Waals surface area contributed by atoms with Crippen LogP contribution in [-0.4, -0.2) is 46.5 Å². The molecule has 3 heterocycles. The maximum atomic E-state index is 13.1. The SMILES string of the molecule is Cc1sc2ncnc(Sc3ccccc3C(=O)N3CCN[C@H](C)C3)c2c1C.Cl. The maximum absolute atomic E-state index is 13.1. The molecule has 8 heteroatoms. The summed E-state index contributed by atoms with van der Waals surface area (Å²) in [6.07, 6.45) is 1.61. The van der Waals surface area contributed by atoms with Gasteiger partial charge in [-0.15, -0.1) is 23.7 Å². The number of benzene rings is 1. The number of thiophene rings is 1. The minimum absolute atomic E-state index is 0. The van der Waals surface area contributed by atoms with Gasteiger partial charge in [0.2, 0.25) is 0 Å². The molecule has 0 saturated carbocycles. The van der Waals surface area contributed by atoms with Crippen LogP contribution in [0.1, 0.15) is 27.7 Å². The summed E-state index contributed by atoms with van der Waals surface area (Å²) >= 11 is 3.25. The molecule has 5 nitrogen and oxygen atoms in total. The monoisotopic (exact) mass is 434 g/mol. The van der Waals surface area contributed by atoms with Crippen LogP contribution < -0.4 is 5.32 Å². The highest BCUT2D eigenvalue weighted by molar-refractivity contribution is 7.99. The van der Waals surface area contributed by atoms with Gasteiger partial charge in [0.25, 0.3) is 5.91 Å². The van der Waals surface area contributed by atoms with Crippen LogP contribution >= 0.6 is 35.5 Å². The second-order valence-electron chi connectivity index (χ2n) is 6.85. The number of carbonyl (C=O) groups excluding carboxylic acids is 1. The molecule has 1 atom stereocenters. The Balaban J connectivity index is 0.00000225. The van der Waals surface area contributed by atoms with Crippen LogP contribution in [-0.2, 0) is 0 Å². The van der Waals surface area contributed by atoms with Crippen molar-refractivity contribution in [3.05, 3.63) is 46.6 Å². The zero-order valence-corrected chi connectivity index (χ0v) is 18.5. The summed E-state index contributed by atoms with van der Waals surface area (Å²) in [5, 5.41) is 5.40. The number of halogens is 1. The third-order valence-electron chi connectivity index (χ3n) is 4.91. The lowest BCUT2D eigenvalue weighted by Crippen LogP contribution is -2.51. The van der Waals surface area contributed by atoms with Gasteiger partial charge in [-0.05, 0) is 38.5 Å². The van der Waals surface area contributed by atoms with Crippen molar-refractivity contribution >= 4 is 51.6 Å². The summed E-state index contributed by atoms with van der Waals surface area (Å²) in [7, 11) is 0. The van der Waals surface area contributed by atoms with Crippen molar-refractivity contribution in [2.24, 2.45) is 0 Å². The van der Waals surface area contributed by atoms with E-state index in [9.17, 15) is 4.79 Å². The molecule has 4 rings (SSSR count). The van der Waals surface area contributed by atoms with Crippen LogP contribution in [0.2, 0.25) is 0 Å². The number of aromatic nitrogens is 2. The van der Waals surface area contributed by atoms with E-state index < -0.39 is 0 Å². The Bertz CT molecular complexity index is 1010. The van der Waals surface area contributed by atoms with Crippen LogP contribution in [0.15, 0.2) is 40.5 Å². The molecule has 0 aliphatic carbocycles. The van der Waals surface area contributed by atoms with Crippen molar-refractivity contribution in [2.45, 2.75) is 36.7 Å². The van der Waals surface area contributed by atoms with Gasteiger partial charge in [0.05, 0.1) is 5.56 Å². The molecule has 0 bridgehead atoms. The molecule has 1 aliphatic heterocycles. The lowest BCUT2D eigenvalue weighted by Gasteiger charge is -2.32. The molecular formula is C20H23ClN4OS2. The molecule has 1 fully saturated rings. The average molecular weight is 435 g/mol. The van der Waals surface area contributed by atoms with Crippen molar-refractivity contribution in [2.75, 3.05) is 19.6 Å². The van der Waals surface area contributed by atoms with E-state index in [0.717, 1.165) is 45.3 Å². The van der Waals surface area contributed by atoms with Gasteiger partial charge in [0.15, 0.2) is 0 Å². The van der Waals surface area contributed by atoms with Crippen molar-refractivity contribution in [1.29, 1.82) is 0 Å². The Morgan fingerprint density at radius 2 is 2.07 bits per heavy atom. The van der Waals surface area contributed by atoms with E-state index in [4.69, 9.17) is 0 Å². The third kappa shape index (κ3) is 4.03. The first-order chi connectivity index (χ1) is 13.0. The molecule has 0 radical (unpaired) electrons. The molecule has 1 aliphatic rings. The molecule has 1 N–H and O–H groups in total. The molecule has 28 heavy (non-hydrogen) atoms. The average Bonchev–Trinajstić information content (AvgIpc) is 2.96. The normalized spacial score (nSPS) is 16.8. The minimum Gasteiger partial charge on any atom is -0.336 e. The minimum atomic E-state index is 0. The van der Waals surface area contributed by atoms with Gasteiger partial charge >= 0.3 is 0 Å². The van der Waals surface area contributed by atoms with Gasteiger partial charge < -0.3 is 10.2 Å². The number of piperazine rings is 1. The summed E-state index contributed by atoms with van der Waals surface area (Å²) in [5.41, 5.74) is 1.96.